The quantitative estimate of drug-likeness (QED) is 0.492. The van der Waals surface area contributed by atoms with E-state index in [-0.39, 0.29) is 5.91 Å². The zero-order chi connectivity index (χ0) is 19.9. The maximum absolute atomic E-state index is 12.1. The van der Waals surface area contributed by atoms with Crippen molar-refractivity contribution < 1.29 is 13.7 Å². The van der Waals surface area contributed by atoms with Gasteiger partial charge in [-0.2, -0.15) is 4.98 Å². The normalized spacial score (nSPS) is 10.8. The van der Waals surface area contributed by atoms with Gasteiger partial charge in [0.2, 0.25) is 23.5 Å². The Balaban J connectivity index is 1.21. The van der Waals surface area contributed by atoms with E-state index in [9.17, 15) is 4.79 Å². The minimum atomic E-state index is -0.0683. The lowest BCUT2D eigenvalue weighted by molar-refractivity contribution is -0.121. The highest BCUT2D eigenvalue weighted by Gasteiger charge is 2.11. The molecule has 0 aliphatic heterocycles. The number of amides is 1. The predicted molar refractivity (Wildman–Crippen MR) is 104 cm³/mol. The smallest absolute Gasteiger partial charge is 0.226 e. The van der Waals surface area contributed by atoms with Gasteiger partial charge in [0.1, 0.15) is 6.26 Å². The summed E-state index contributed by atoms with van der Waals surface area (Å²) in [5, 5.41) is 6.79. The Bertz CT molecular complexity index is 1060. The number of benzene rings is 1. The number of oxazole rings is 1. The standard InChI is InChI=1S/C21H19N5O3/c27-18(23-13-17-14-28-21(24-17)15-6-2-1-3-7-15)9-4-10-19-25-20(26-29-19)16-8-5-11-22-12-16/h1-3,5-8,11-12,14H,4,9-10,13H2,(H,23,27). The Kier molecular flexibility index (Phi) is 5.70. The minimum absolute atomic E-state index is 0.0683. The molecule has 0 fully saturated rings. The minimum Gasteiger partial charge on any atom is -0.444 e. The lowest BCUT2D eigenvalue weighted by Crippen LogP contribution is -2.22. The number of nitrogens with one attached hydrogen (secondary N) is 1. The van der Waals surface area contributed by atoms with Gasteiger partial charge in [-0.3, -0.25) is 9.78 Å². The van der Waals surface area contributed by atoms with Gasteiger partial charge in [-0.1, -0.05) is 23.4 Å². The van der Waals surface area contributed by atoms with E-state index in [0.29, 0.717) is 49.1 Å². The first-order valence-corrected chi connectivity index (χ1v) is 9.27. The third-order valence-corrected chi connectivity index (χ3v) is 4.22. The van der Waals surface area contributed by atoms with Crippen molar-refractivity contribution in [2.24, 2.45) is 0 Å². The molecule has 0 aliphatic rings. The Morgan fingerprint density at radius 2 is 1.90 bits per heavy atom. The molecule has 8 heteroatoms. The summed E-state index contributed by atoms with van der Waals surface area (Å²) in [6, 6.07) is 13.3. The molecule has 8 nitrogen and oxygen atoms in total. The van der Waals surface area contributed by atoms with E-state index in [1.54, 1.807) is 18.7 Å². The van der Waals surface area contributed by atoms with Gasteiger partial charge in [-0.05, 0) is 30.7 Å². The zero-order valence-electron chi connectivity index (χ0n) is 15.6. The van der Waals surface area contributed by atoms with Crippen LogP contribution in [0.1, 0.15) is 24.4 Å². The molecule has 1 N–H and O–H groups in total. The number of pyridine rings is 1. The van der Waals surface area contributed by atoms with E-state index in [2.05, 4.69) is 25.4 Å². The first-order chi connectivity index (χ1) is 14.3. The van der Waals surface area contributed by atoms with Crippen molar-refractivity contribution in [3.63, 3.8) is 0 Å². The van der Waals surface area contributed by atoms with E-state index in [1.807, 2.05) is 42.5 Å². The number of aromatic nitrogens is 4. The average Bonchev–Trinajstić information content (AvgIpc) is 3.44. The van der Waals surface area contributed by atoms with Gasteiger partial charge >= 0.3 is 0 Å². The second kappa shape index (κ2) is 8.92. The molecular formula is C21H19N5O3. The van der Waals surface area contributed by atoms with E-state index < -0.39 is 0 Å². The summed E-state index contributed by atoms with van der Waals surface area (Å²) in [7, 11) is 0. The predicted octanol–water partition coefficient (Wildman–Crippen LogP) is 3.43. The summed E-state index contributed by atoms with van der Waals surface area (Å²) >= 11 is 0. The number of carbonyl (C=O) groups excluding carboxylic acids is 1. The molecule has 0 bridgehead atoms. The molecule has 0 spiro atoms. The molecular weight excluding hydrogens is 370 g/mol. The Labute approximate surface area is 167 Å². The molecule has 0 radical (unpaired) electrons. The fraction of sp³-hybridized carbons (Fsp3) is 0.190. The van der Waals surface area contributed by atoms with Gasteiger partial charge in [0, 0.05) is 36.4 Å². The van der Waals surface area contributed by atoms with Crippen LogP contribution in [0.15, 0.2) is 70.1 Å². The van der Waals surface area contributed by atoms with Crippen LogP contribution in [0.2, 0.25) is 0 Å². The zero-order valence-corrected chi connectivity index (χ0v) is 15.6. The summed E-state index contributed by atoms with van der Waals surface area (Å²) in [4.78, 5) is 24.8. The van der Waals surface area contributed by atoms with Crippen LogP contribution >= 0.6 is 0 Å². The third-order valence-electron chi connectivity index (χ3n) is 4.22. The maximum Gasteiger partial charge on any atom is 0.226 e. The molecule has 1 amide bonds. The van der Waals surface area contributed by atoms with Crippen LogP contribution in [-0.4, -0.2) is 26.0 Å². The van der Waals surface area contributed by atoms with E-state index in [0.717, 1.165) is 11.1 Å². The van der Waals surface area contributed by atoms with Crippen LogP contribution in [-0.2, 0) is 17.8 Å². The molecule has 3 heterocycles. The van der Waals surface area contributed by atoms with Crippen LogP contribution in [0.3, 0.4) is 0 Å². The summed E-state index contributed by atoms with van der Waals surface area (Å²) in [6.45, 7) is 0.320. The van der Waals surface area contributed by atoms with Gasteiger partial charge in [-0.25, -0.2) is 4.98 Å². The number of carbonyl (C=O) groups is 1. The van der Waals surface area contributed by atoms with Crippen molar-refractivity contribution in [2.75, 3.05) is 0 Å². The molecule has 4 aromatic rings. The largest absolute Gasteiger partial charge is 0.444 e. The fourth-order valence-corrected chi connectivity index (χ4v) is 2.75. The number of hydrogen-bond acceptors (Lipinski definition) is 7. The monoisotopic (exact) mass is 389 g/mol. The molecule has 146 valence electrons. The Morgan fingerprint density at radius 1 is 1.03 bits per heavy atom. The molecule has 0 unspecified atom stereocenters. The molecule has 0 saturated carbocycles. The van der Waals surface area contributed by atoms with Crippen molar-refractivity contribution in [3.8, 4) is 22.8 Å². The molecule has 0 atom stereocenters. The van der Waals surface area contributed by atoms with Crippen LogP contribution in [0.5, 0.6) is 0 Å². The van der Waals surface area contributed by atoms with Gasteiger partial charge in [0.05, 0.1) is 12.2 Å². The van der Waals surface area contributed by atoms with Gasteiger partial charge in [0.15, 0.2) is 0 Å². The van der Waals surface area contributed by atoms with Crippen LogP contribution in [0, 0.1) is 0 Å². The first kappa shape index (κ1) is 18.5. The molecule has 1 aromatic carbocycles. The van der Waals surface area contributed by atoms with Gasteiger partial charge in [-0.15, -0.1) is 0 Å². The number of nitrogens with zero attached hydrogens (tertiary/aromatic N) is 4. The highest BCUT2D eigenvalue weighted by molar-refractivity contribution is 5.75. The second-order valence-electron chi connectivity index (χ2n) is 6.39. The SMILES string of the molecule is O=C(CCCc1nc(-c2cccnc2)no1)NCc1coc(-c2ccccc2)n1. The molecule has 3 aromatic heterocycles. The van der Waals surface area contributed by atoms with E-state index >= 15 is 0 Å². The summed E-state index contributed by atoms with van der Waals surface area (Å²) in [5.41, 5.74) is 2.37. The van der Waals surface area contributed by atoms with Gasteiger partial charge in [0.25, 0.3) is 0 Å². The maximum atomic E-state index is 12.1. The van der Waals surface area contributed by atoms with Crippen molar-refractivity contribution in [1.29, 1.82) is 0 Å². The Hall–Kier alpha value is -3.81. The van der Waals surface area contributed by atoms with Gasteiger partial charge < -0.3 is 14.3 Å². The first-order valence-electron chi connectivity index (χ1n) is 9.27. The van der Waals surface area contributed by atoms with Crippen LogP contribution < -0.4 is 5.32 Å². The van der Waals surface area contributed by atoms with E-state index in [4.69, 9.17) is 8.94 Å². The van der Waals surface area contributed by atoms with Crippen LogP contribution in [0.4, 0.5) is 0 Å². The summed E-state index contributed by atoms with van der Waals surface area (Å²) in [5.74, 6) is 1.47. The molecule has 4 rings (SSSR count). The second-order valence-corrected chi connectivity index (χ2v) is 6.39. The fourth-order valence-electron chi connectivity index (χ4n) is 2.75. The van der Waals surface area contributed by atoms with Crippen molar-refractivity contribution >= 4 is 5.91 Å². The lowest BCUT2D eigenvalue weighted by atomic mass is 10.2. The summed E-state index contributed by atoms with van der Waals surface area (Å²) in [6.07, 6.45) is 6.41. The number of rotatable bonds is 8. The molecule has 29 heavy (non-hydrogen) atoms. The highest BCUT2D eigenvalue weighted by atomic mass is 16.5. The summed E-state index contributed by atoms with van der Waals surface area (Å²) < 4.78 is 10.7. The Morgan fingerprint density at radius 3 is 2.72 bits per heavy atom. The molecule has 0 aliphatic carbocycles. The molecule has 0 saturated heterocycles. The van der Waals surface area contributed by atoms with Crippen molar-refractivity contribution in [2.45, 2.75) is 25.8 Å². The average molecular weight is 389 g/mol. The number of hydrogen-bond donors (Lipinski definition) is 1. The van der Waals surface area contributed by atoms with Crippen molar-refractivity contribution in [1.82, 2.24) is 25.4 Å². The van der Waals surface area contributed by atoms with Crippen LogP contribution in [0.25, 0.3) is 22.8 Å². The third kappa shape index (κ3) is 4.92. The lowest BCUT2D eigenvalue weighted by Gasteiger charge is -2.01. The highest BCUT2D eigenvalue weighted by Crippen LogP contribution is 2.18. The topological polar surface area (TPSA) is 107 Å². The number of aryl methyl sites for hydroxylation is 1. The van der Waals surface area contributed by atoms with Crippen molar-refractivity contribution in [3.05, 3.63) is 72.7 Å². The van der Waals surface area contributed by atoms with E-state index in [1.165, 1.54) is 0 Å².